The van der Waals surface area contributed by atoms with Crippen molar-refractivity contribution in [2.75, 3.05) is 5.32 Å². The first-order valence-corrected chi connectivity index (χ1v) is 8.73. The lowest BCUT2D eigenvalue weighted by Gasteiger charge is -2.09. The summed E-state index contributed by atoms with van der Waals surface area (Å²) in [5, 5.41) is 10.5. The van der Waals surface area contributed by atoms with Gasteiger partial charge in [0.1, 0.15) is 11.5 Å². The maximum absolute atomic E-state index is 12.6. The van der Waals surface area contributed by atoms with Crippen LogP contribution in [0.25, 0.3) is 5.69 Å². The van der Waals surface area contributed by atoms with E-state index in [2.05, 4.69) is 25.1 Å². The molecule has 3 rings (SSSR count). The molecular weight excluding hydrogens is 408 g/mol. The maximum atomic E-state index is 12.6. The predicted octanol–water partition coefficient (Wildman–Crippen LogP) is 4.28. The smallest absolute Gasteiger partial charge is 0.387 e. The Morgan fingerprint density at radius 3 is 2.00 bits per heavy atom. The summed E-state index contributed by atoms with van der Waals surface area (Å²) in [5.41, 5.74) is 1.42. The normalized spacial score (nSPS) is 11.0. The van der Waals surface area contributed by atoms with Crippen molar-refractivity contribution in [2.24, 2.45) is 0 Å². The van der Waals surface area contributed by atoms with Gasteiger partial charge in [0.25, 0.3) is 5.91 Å². The minimum absolute atomic E-state index is 0.0100. The molecule has 0 unspecified atom stereocenters. The molecule has 11 heteroatoms. The Kier molecular flexibility index (Phi) is 6.50. The number of carbonyl (C=O) groups is 1. The van der Waals surface area contributed by atoms with E-state index in [0.717, 1.165) is 0 Å². The zero-order chi connectivity index (χ0) is 21.7. The minimum Gasteiger partial charge on any atom is -0.435 e. The van der Waals surface area contributed by atoms with E-state index in [1.165, 1.54) is 53.2 Å². The predicted molar refractivity (Wildman–Crippen MR) is 98.4 cm³/mol. The van der Waals surface area contributed by atoms with E-state index in [1.54, 1.807) is 6.92 Å². The van der Waals surface area contributed by atoms with Crippen LogP contribution in [-0.2, 0) is 6.42 Å². The molecule has 2 aromatic carbocycles. The van der Waals surface area contributed by atoms with Crippen molar-refractivity contribution in [3.05, 3.63) is 59.9 Å². The molecule has 0 aliphatic rings. The summed E-state index contributed by atoms with van der Waals surface area (Å²) >= 11 is 0. The Bertz CT molecular complexity index is 992. The molecule has 0 saturated carbocycles. The van der Waals surface area contributed by atoms with Crippen LogP contribution in [-0.4, -0.2) is 34.1 Å². The molecular formula is C19H16F4N4O3. The zero-order valence-corrected chi connectivity index (χ0v) is 15.6. The fraction of sp³-hybridized carbons (Fsp3) is 0.211. The molecule has 30 heavy (non-hydrogen) atoms. The number of anilines is 1. The third-order valence-corrected chi connectivity index (χ3v) is 3.96. The molecule has 0 saturated heterocycles. The molecule has 1 aromatic heterocycles. The molecule has 0 aliphatic heterocycles. The number of amides is 1. The van der Waals surface area contributed by atoms with Gasteiger partial charge in [0.05, 0.1) is 11.4 Å². The van der Waals surface area contributed by atoms with Gasteiger partial charge in [-0.05, 0) is 55.0 Å². The highest BCUT2D eigenvalue weighted by Gasteiger charge is 2.20. The van der Waals surface area contributed by atoms with Gasteiger partial charge < -0.3 is 14.8 Å². The third-order valence-electron chi connectivity index (χ3n) is 3.96. The highest BCUT2D eigenvalue weighted by atomic mass is 19.3. The highest BCUT2D eigenvalue weighted by Crippen LogP contribution is 2.21. The molecule has 1 heterocycles. The van der Waals surface area contributed by atoms with Crippen molar-refractivity contribution in [1.82, 2.24) is 15.0 Å². The summed E-state index contributed by atoms with van der Waals surface area (Å²) in [4.78, 5) is 12.6. The van der Waals surface area contributed by atoms with Crippen LogP contribution in [0.3, 0.4) is 0 Å². The molecule has 158 valence electrons. The molecule has 7 nitrogen and oxygen atoms in total. The number of aromatic nitrogens is 3. The first kappa shape index (κ1) is 21.1. The van der Waals surface area contributed by atoms with Crippen molar-refractivity contribution in [2.45, 2.75) is 26.6 Å². The second kappa shape index (κ2) is 9.25. The van der Waals surface area contributed by atoms with Crippen molar-refractivity contribution < 1.29 is 31.8 Å². The monoisotopic (exact) mass is 424 g/mol. The van der Waals surface area contributed by atoms with E-state index < -0.39 is 19.1 Å². The van der Waals surface area contributed by atoms with E-state index in [4.69, 9.17) is 0 Å². The maximum Gasteiger partial charge on any atom is 0.387 e. The van der Waals surface area contributed by atoms with E-state index in [0.29, 0.717) is 23.5 Å². The first-order valence-electron chi connectivity index (χ1n) is 8.73. The van der Waals surface area contributed by atoms with E-state index in [9.17, 15) is 22.4 Å². The summed E-state index contributed by atoms with van der Waals surface area (Å²) < 4.78 is 58.9. The largest absolute Gasteiger partial charge is 0.435 e. The van der Waals surface area contributed by atoms with Gasteiger partial charge >= 0.3 is 13.2 Å². The van der Waals surface area contributed by atoms with Gasteiger partial charge in [0.15, 0.2) is 5.69 Å². The molecule has 0 fully saturated rings. The lowest BCUT2D eigenvalue weighted by Crippen LogP contribution is -2.15. The molecule has 3 aromatic rings. The van der Waals surface area contributed by atoms with Crippen LogP contribution in [0.2, 0.25) is 0 Å². The summed E-state index contributed by atoms with van der Waals surface area (Å²) in [7, 11) is 0. The van der Waals surface area contributed by atoms with Crippen LogP contribution in [0.4, 0.5) is 23.2 Å². The summed E-state index contributed by atoms with van der Waals surface area (Å²) in [6.45, 7) is -4.07. The number of ether oxygens (including phenoxy) is 2. The van der Waals surface area contributed by atoms with Gasteiger partial charge in [0.2, 0.25) is 0 Å². The van der Waals surface area contributed by atoms with Crippen LogP contribution in [0.15, 0.2) is 48.5 Å². The highest BCUT2D eigenvalue weighted by molar-refractivity contribution is 6.03. The quantitative estimate of drug-likeness (QED) is 0.546. The fourth-order valence-corrected chi connectivity index (χ4v) is 2.68. The number of hydrogen-bond acceptors (Lipinski definition) is 5. The molecule has 0 aliphatic carbocycles. The Morgan fingerprint density at radius 1 is 0.967 bits per heavy atom. The molecule has 0 radical (unpaired) electrons. The number of alkyl halides is 4. The van der Waals surface area contributed by atoms with Crippen LogP contribution in [0.5, 0.6) is 11.5 Å². The van der Waals surface area contributed by atoms with Gasteiger partial charge in [0, 0.05) is 5.69 Å². The number of nitrogens with zero attached hydrogens (tertiary/aromatic N) is 3. The standard InChI is InChI=1S/C19H16F4N4O3/c1-2-15-16(17(28)24-11-3-7-13(8-4-11)29-18(20)21)25-26-27(15)12-5-9-14(10-6-12)30-19(22)23/h3-10,18-19H,2H2,1H3,(H,24,28). The van der Waals surface area contributed by atoms with Gasteiger partial charge in [-0.1, -0.05) is 12.1 Å². The second-order valence-electron chi connectivity index (χ2n) is 5.88. The van der Waals surface area contributed by atoms with Crippen LogP contribution in [0, 0.1) is 0 Å². The average molecular weight is 424 g/mol. The Labute approximate surface area is 168 Å². The van der Waals surface area contributed by atoms with Crippen molar-refractivity contribution in [3.63, 3.8) is 0 Å². The van der Waals surface area contributed by atoms with Crippen LogP contribution >= 0.6 is 0 Å². The van der Waals surface area contributed by atoms with E-state index in [1.807, 2.05) is 0 Å². The van der Waals surface area contributed by atoms with Crippen molar-refractivity contribution >= 4 is 11.6 Å². The third kappa shape index (κ3) is 5.04. The Hall–Kier alpha value is -3.63. The SMILES string of the molecule is CCc1c(C(=O)Nc2ccc(OC(F)F)cc2)nnn1-c1ccc(OC(F)F)cc1. The van der Waals surface area contributed by atoms with Crippen LogP contribution < -0.4 is 14.8 Å². The lowest BCUT2D eigenvalue weighted by atomic mass is 10.2. The number of nitrogens with one attached hydrogen (secondary N) is 1. The minimum atomic E-state index is -2.94. The average Bonchev–Trinajstić information content (AvgIpc) is 3.13. The number of carbonyl (C=O) groups excluding carboxylic acids is 1. The van der Waals surface area contributed by atoms with Gasteiger partial charge in [-0.3, -0.25) is 4.79 Å². The van der Waals surface area contributed by atoms with Gasteiger partial charge in [-0.25, -0.2) is 4.68 Å². The van der Waals surface area contributed by atoms with Gasteiger partial charge in [-0.15, -0.1) is 5.10 Å². The Morgan fingerprint density at radius 2 is 1.50 bits per heavy atom. The number of benzene rings is 2. The van der Waals surface area contributed by atoms with Gasteiger partial charge in [-0.2, -0.15) is 17.6 Å². The van der Waals surface area contributed by atoms with E-state index in [-0.39, 0.29) is 17.2 Å². The second-order valence-corrected chi connectivity index (χ2v) is 5.88. The topological polar surface area (TPSA) is 78.3 Å². The van der Waals surface area contributed by atoms with Crippen molar-refractivity contribution in [3.8, 4) is 17.2 Å². The van der Waals surface area contributed by atoms with E-state index >= 15 is 0 Å². The summed E-state index contributed by atoms with van der Waals surface area (Å²) in [6.07, 6.45) is 0.409. The fourth-order valence-electron chi connectivity index (χ4n) is 2.68. The zero-order valence-electron chi connectivity index (χ0n) is 15.6. The molecule has 1 amide bonds. The summed E-state index contributed by atoms with van der Waals surface area (Å²) in [5.74, 6) is -0.593. The first-order chi connectivity index (χ1) is 14.4. The number of rotatable bonds is 8. The van der Waals surface area contributed by atoms with Crippen molar-refractivity contribution in [1.29, 1.82) is 0 Å². The molecule has 0 atom stereocenters. The number of hydrogen-bond donors (Lipinski definition) is 1. The number of halogens is 4. The Balaban J connectivity index is 1.77. The van der Waals surface area contributed by atoms with Crippen LogP contribution in [0.1, 0.15) is 23.1 Å². The summed E-state index contributed by atoms with van der Waals surface area (Å²) in [6, 6.07) is 11.1. The lowest BCUT2D eigenvalue weighted by molar-refractivity contribution is -0.0505. The molecule has 1 N–H and O–H groups in total. The molecule has 0 spiro atoms. The molecule has 0 bridgehead atoms.